The average Bonchev–Trinajstić information content (AvgIpc) is 2.90. The van der Waals surface area contributed by atoms with Crippen LogP contribution in [-0.2, 0) is 4.79 Å². The molecule has 1 aromatic carbocycles. The van der Waals surface area contributed by atoms with Crippen molar-refractivity contribution >= 4 is 46.0 Å². The van der Waals surface area contributed by atoms with E-state index in [1.807, 2.05) is 18.2 Å². The Kier molecular flexibility index (Phi) is 5.76. The normalized spacial score (nSPS) is 20.1. The quantitative estimate of drug-likeness (QED) is 0.539. The van der Waals surface area contributed by atoms with Crippen molar-refractivity contribution in [3.05, 3.63) is 58.7 Å². The largest absolute Gasteiger partial charge is 0.341 e. The molecule has 0 atom stereocenters. The van der Waals surface area contributed by atoms with E-state index in [0.29, 0.717) is 15.8 Å². The number of nitrogens with zero attached hydrogens (tertiary/aromatic N) is 2. The van der Waals surface area contributed by atoms with Crippen LogP contribution in [0.15, 0.2) is 53.1 Å². The topological polar surface area (TPSA) is 23.6 Å². The highest BCUT2D eigenvalue weighted by molar-refractivity contribution is 8.26. The zero-order chi connectivity index (χ0) is 17.8. The van der Waals surface area contributed by atoms with Crippen molar-refractivity contribution in [2.45, 2.75) is 26.7 Å². The molecule has 0 radical (unpaired) electrons. The molecule has 1 saturated heterocycles. The van der Waals surface area contributed by atoms with Gasteiger partial charge in [-0.15, -0.1) is 0 Å². The second kappa shape index (κ2) is 8.02. The molecular weight excluding hydrogens is 348 g/mol. The number of benzene rings is 1. The Morgan fingerprint density at radius 3 is 2.68 bits per heavy atom. The fraction of sp³-hybridized carbons (Fsp3) is 0.300. The molecule has 3 nitrogen and oxygen atoms in total. The molecular formula is C20H22N2OS2. The number of rotatable bonds is 5. The van der Waals surface area contributed by atoms with E-state index in [9.17, 15) is 4.79 Å². The van der Waals surface area contributed by atoms with Gasteiger partial charge in [-0.1, -0.05) is 61.6 Å². The van der Waals surface area contributed by atoms with Gasteiger partial charge in [-0.2, -0.15) is 0 Å². The van der Waals surface area contributed by atoms with E-state index >= 15 is 0 Å². The highest BCUT2D eigenvalue weighted by Crippen LogP contribution is 2.33. The van der Waals surface area contributed by atoms with Crippen LogP contribution in [0, 0.1) is 0 Å². The van der Waals surface area contributed by atoms with Gasteiger partial charge in [0, 0.05) is 24.5 Å². The van der Waals surface area contributed by atoms with Gasteiger partial charge in [0.25, 0.3) is 5.91 Å². The number of carbonyl (C=O) groups is 1. The van der Waals surface area contributed by atoms with Crippen molar-refractivity contribution in [2.24, 2.45) is 0 Å². The molecule has 2 aliphatic rings. The van der Waals surface area contributed by atoms with Crippen molar-refractivity contribution in [3.8, 4) is 0 Å². The Bertz CT molecular complexity index is 780. The number of fused-ring (bicyclic) bond motifs is 1. The molecule has 0 spiro atoms. The monoisotopic (exact) mass is 370 g/mol. The number of likely N-dealkylation sites (N-methyl/N-ethyl adjacent to an activating group) is 1. The van der Waals surface area contributed by atoms with Gasteiger partial charge < -0.3 is 4.90 Å². The maximum absolute atomic E-state index is 12.5. The minimum Gasteiger partial charge on any atom is -0.341 e. The van der Waals surface area contributed by atoms with Crippen LogP contribution >= 0.6 is 24.0 Å². The third-order valence-corrected chi connectivity index (χ3v) is 5.70. The minimum atomic E-state index is 0.0311. The number of hydrogen-bond donors (Lipinski definition) is 0. The lowest BCUT2D eigenvalue weighted by Gasteiger charge is -2.29. The van der Waals surface area contributed by atoms with Crippen molar-refractivity contribution in [2.75, 3.05) is 18.0 Å². The number of unbranched alkanes of at least 4 members (excludes halogenated alkanes) is 1. The van der Waals surface area contributed by atoms with E-state index in [4.69, 9.17) is 12.2 Å². The summed E-state index contributed by atoms with van der Waals surface area (Å²) < 4.78 is 0.667. The van der Waals surface area contributed by atoms with Gasteiger partial charge in [-0.25, -0.2) is 0 Å². The zero-order valence-electron chi connectivity index (χ0n) is 14.6. The van der Waals surface area contributed by atoms with Gasteiger partial charge in [-0.3, -0.25) is 9.69 Å². The van der Waals surface area contributed by atoms with Crippen molar-refractivity contribution < 1.29 is 4.79 Å². The smallest absolute Gasteiger partial charge is 0.266 e. The summed E-state index contributed by atoms with van der Waals surface area (Å²) in [6.07, 6.45) is 10.2. The van der Waals surface area contributed by atoms with Crippen molar-refractivity contribution in [1.82, 2.24) is 4.90 Å². The second-order valence-corrected chi connectivity index (χ2v) is 7.61. The van der Waals surface area contributed by atoms with E-state index in [2.05, 4.69) is 49.1 Å². The van der Waals surface area contributed by atoms with Crippen molar-refractivity contribution in [1.29, 1.82) is 0 Å². The molecule has 0 N–H and O–H groups in total. The first-order valence-corrected chi connectivity index (χ1v) is 9.88. The van der Waals surface area contributed by atoms with Gasteiger partial charge in [-0.05, 0) is 43.2 Å². The van der Waals surface area contributed by atoms with Gasteiger partial charge in [0.15, 0.2) is 0 Å². The Hall–Kier alpha value is -1.85. The summed E-state index contributed by atoms with van der Waals surface area (Å²) >= 11 is 6.76. The number of thiocarbonyl (C=S) groups is 1. The minimum absolute atomic E-state index is 0.0311. The lowest BCUT2D eigenvalue weighted by Crippen LogP contribution is -2.28. The molecule has 2 aliphatic heterocycles. The summed E-state index contributed by atoms with van der Waals surface area (Å²) in [5.41, 5.74) is 3.50. The molecule has 0 aliphatic carbocycles. The predicted octanol–water partition coefficient (Wildman–Crippen LogP) is 4.97. The fourth-order valence-corrected chi connectivity index (χ4v) is 4.21. The van der Waals surface area contributed by atoms with E-state index in [1.54, 1.807) is 4.90 Å². The van der Waals surface area contributed by atoms with Crippen LogP contribution in [0.25, 0.3) is 6.08 Å². The first kappa shape index (κ1) is 18.0. The molecule has 25 heavy (non-hydrogen) atoms. The Morgan fingerprint density at radius 1 is 1.12 bits per heavy atom. The number of amides is 1. The molecule has 130 valence electrons. The Morgan fingerprint density at radius 2 is 1.92 bits per heavy atom. The highest BCUT2D eigenvalue weighted by Gasteiger charge is 2.31. The number of hydrogen-bond acceptors (Lipinski definition) is 4. The van der Waals surface area contributed by atoms with Crippen LogP contribution in [0.3, 0.4) is 0 Å². The molecule has 0 bridgehead atoms. The standard InChI is InChI=1S/C20H22N2OS2/c1-3-5-14-22-19(23)18(25-20(22)24)13-12-16-11-10-15-8-6-7-9-17(15)21(16)4-2/h6-13H,3-5,14H2,1-2H3/b16-12?,18-13-. The SMILES string of the molecule is CCCCN1C(=O)/C(=C/C=C2C=Cc3ccccc3N2CC)SC1=S. The van der Waals surface area contributed by atoms with E-state index in [0.717, 1.165) is 25.1 Å². The molecule has 1 fully saturated rings. The summed E-state index contributed by atoms with van der Waals surface area (Å²) in [5, 5.41) is 0. The molecule has 2 heterocycles. The maximum atomic E-state index is 12.5. The number of anilines is 1. The number of para-hydroxylation sites is 1. The maximum Gasteiger partial charge on any atom is 0.266 e. The van der Waals surface area contributed by atoms with Crippen LogP contribution in [0.1, 0.15) is 32.3 Å². The second-order valence-electron chi connectivity index (χ2n) is 5.94. The van der Waals surface area contributed by atoms with Crippen LogP contribution in [-0.4, -0.2) is 28.2 Å². The third kappa shape index (κ3) is 3.72. The molecule has 0 saturated carbocycles. The summed E-state index contributed by atoms with van der Waals surface area (Å²) in [4.78, 5) is 17.2. The van der Waals surface area contributed by atoms with E-state index < -0.39 is 0 Å². The average molecular weight is 371 g/mol. The summed E-state index contributed by atoms with van der Waals surface area (Å²) in [6, 6.07) is 8.34. The summed E-state index contributed by atoms with van der Waals surface area (Å²) in [5.74, 6) is 0.0311. The lowest BCUT2D eigenvalue weighted by atomic mass is 10.1. The third-order valence-electron chi connectivity index (χ3n) is 4.30. The molecule has 1 aromatic rings. The molecule has 5 heteroatoms. The van der Waals surface area contributed by atoms with Gasteiger partial charge in [0.1, 0.15) is 4.32 Å². The fourth-order valence-electron chi connectivity index (χ4n) is 2.96. The summed E-state index contributed by atoms with van der Waals surface area (Å²) in [6.45, 7) is 5.83. The van der Waals surface area contributed by atoms with Crippen LogP contribution in [0.2, 0.25) is 0 Å². The lowest BCUT2D eigenvalue weighted by molar-refractivity contribution is -0.122. The first-order chi connectivity index (χ1) is 12.2. The first-order valence-electron chi connectivity index (χ1n) is 8.66. The predicted molar refractivity (Wildman–Crippen MR) is 111 cm³/mol. The molecule has 1 amide bonds. The number of allylic oxidation sites excluding steroid dienone is 3. The van der Waals surface area contributed by atoms with Crippen molar-refractivity contribution in [3.63, 3.8) is 0 Å². The Balaban J connectivity index is 1.83. The molecule has 3 rings (SSSR count). The van der Waals surface area contributed by atoms with E-state index in [-0.39, 0.29) is 5.91 Å². The van der Waals surface area contributed by atoms with Crippen LogP contribution < -0.4 is 4.90 Å². The highest BCUT2D eigenvalue weighted by atomic mass is 32.2. The molecule has 0 unspecified atom stereocenters. The van der Waals surface area contributed by atoms with Crippen LogP contribution in [0.4, 0.5) is 5.69 Å². The number of thioether (sulfide) groups is 1. The summed E-state index contributed by atoms with van der Waals surface area (Å²) in [7, 11) is 0. The van der Waals surface area contributed by atoms with E-state index in [1.165, 1.54) is 23.0 Å². The number of carbonyl (C=O) groups excluding carboxylic acids is 1. The van der Waals surface area contributed by atoms with Gasteiger partial charge in [0.05, 0.1) is 4.91 Å². The molecule has 0 aromatic heterocycles. The van der Waals surface area contributed by atoms with Gasteiger partial charge in [0.2, 0.25) is 0 Å². The Labute approximate surface area is 159 Å². The van der Waals surface area contributed by atoms with Crippen LogP contribution in [0.5, 0.6) is 0 Å². The zero-order valence-corrected chi connectivity index (χ0v) is 16.2. The van der Waals surface area contributed by atoms with Gasteiger partial charge >= 0.3 is 0 Å².